The summed E-state index contributed by atoms with van der Waals surface area (Å²) in [5, 5.41) is 0. The lowest BCUT2D eigenvalue weighted by atomic mass is 9.82. The first-order valence-electron chi connectivity index (χ1n) is 12.1. The number of carbonyl (C=O) groups excluding carboxylic acids is 1. The molecule has 1 aliphatic carbocycles. The Morgan fingerprint density at radius 2 is 1.91 bits per heavy atom. The Morgan fingerprint density at radius 1 is 1.17 bits per heavy atom. The number of nitrogens with zero attached hydrogens (tertiary/aromatic N) is 2. The van der Waals surface area contributed by atoms with Gasteiger partial charge in [0.05, 0.1) is 19.6 Å². The van der Waals surface area contributed by atoms with E-state index in [-0.39, 0.29) is 24.0 Å². The average Bonchev–Trinajstić information content (AvgIpc) is 2.87. The fraction of sp³-hybridized carbons (Fsp3) is 0.370. The molecular formula is C27H32N4O4. The van der Waals surface area contributed by atoms with E-state index in [1.54, 1.807) is 7.11 Å². The maximum Gasteiger partial charge on any atom is 0.330 e. The number of nitrogen functional groups attached to an aromatic ring is 1. The second-order valence-corrected chi connectivity index (χ2v) is 8.88. The number of aryl methyl sites for hydroxylation is 1. The van der Waals surface area contributed by atoms with Crippen LogP contribution in [0.15, 0.2) is 58.1 Å². The Bertz CT molecular complexity index is 1330. The van der Waals surface area contributed by atoms with Crippen LogP contribution >= 0.6 is 0 Å². The number of nitrogens with two attached hydrogens (primary N) is 1. The Hall–Kier alpha value is -3.81. The minimum absolute atomic E-state index is 0.000311. The van der Waals surface area contributed by atoms with Crippen molar-refractivity contribution in [2.24, 2.45) is 0 Å². The zero-order chi connectivity index (χ0) is 24.9. The Kier molecular flexibility index (Phi) is 7.39. The molecule has 184 valence electrons. The van der Waals surface area contributed by atoms with Gasteiger partial charge in [0.25, 0.3) is 5.56 Å². The van der Waals surface area contributed by atoms with Crippen molar-refractivity contribution >= 4 is 17.4 Å². The van der Waals surface area contributed by atoms with Gasteiger partial charge in [0.1, 0.15) is 11.6 Å². The maximum absolute atomic E-state index is 14.2. The van der Waals surface area contributed by atoms with Crippen molar-refractivity contribution < 1.29 is 9.53 Å². The third-order valence-electron chi connectivity index (χ3n) is 6.67. The fourth-order valence-corrected chi connectivity index (χ4v) is 4.85. The van der Waals surface area contributed by atoms with Crippen molar-refractivity contribution in [1.29, 1.82) is 0 Å². The normalized spacial score (nSPS) is 14.9. The lowest BCUT2D eigenvalue weighted by Gasteiger charge is -2.31. The molecule has 1 unspecified atom stereocenters. The molecule has 0 bridgehead atoms. The van der Waals surface area contributed by atoms with Crippen molar-refractivity contribution in [1.82, 2.24) is 9.55 Å². The molecule has 8 nitrogen and oxygen atoms in total. The molecule has 35 heavy (non-hydrogen) atoms. The van der Waals surface area contributed by atoms with Gasteiger partial charge in [-0.1, -0.05) is 55.8 Å². The number of aromatic amines is 1. The quantitative estimate of drug-likeness (QED) is 0.516. The summed E-state index contributed by atoms with van der Waals surface area (Å²) in [6.07, 6.45) is 4.02. The number of fused-ring (bicyclic) bond motifs is 1. The average molecular weight is 477 g/mol. The van der Waals surface area contributed by atoms with Gasteiger partial charge in [0, 0.05) is 12.1 Å². The number of anilines is 2. The van der Waals surface area contributed by atoms with Crippen LogP contribution in [0.5, 0.6) is 5.75 Å². The number of aromatic nitrogens is 2. The first-order chi connectivity index (χ1) is 17.0. The summed E-state index contributed by atoms with van der Waals surface area (Å²) in [7, 11) is 1.56. The number of benzene rings is 2. The van der Waals surface area contributed by atoms with E-state index in [1.165, 1.54) is 9.47 Å². The standard InChI is InChI=1S/C27H32N4O4/c1-3-4-16-30-24(28)23(25(32)29-27(30)34)31(17-19-11-6-8-15-22(19)35-2)26(33)21-14-9-12-18-10-5-7-13-20(18)21/h5-8,10-11,13,15,21H,3-4,9,12,14,16-17,28H2,1-2H3,(H,29,32,34). The van der Waals surface area contributed by atoms with Crippen LogP contribution in [0.1, 0.15) is 55.2 Å². The lowest BCUT2D eigenvalue weighted by molar-refractivity contribution is -0.120. The van der Waals surface area contributed by atoms with Gasteiger partial charge in [-0.2, -0.15) is 0 Å². The summed E-state index contributed by atoms with van der Waals surface area (Å²) < 4.78 is 6.85. The van der Waals surface area contributed by atoms with E-state index in [9.17, 15) is 14.4 Å². The number of methoxy groups -OCH3 is 1. The molecule has 0 fully saturated rings. The molecule has 0 saturated heterocycles. The van der Waals surface area contributed by atoms with Crippen LogP contribution in [0.2, 0.25) is 0 Å². The summed E-state index contributed by atoms with van der Waals surface area (Å²) in [6.45, 7) is 2.44. The monoisotopic (exact) mass is 476 g/mol. The predicted octanol–water partition coefficient (Wildman–Crippen LogP) is 3.58. The molecular weight excluding hydrogens is 444 g/mol. The summed E-state index contributed by atoms with van der Waals surface area (Å²) in [5.74, 6) is -0.0337. The van der Waals surface area contributed by atoms with Gasteiger partial charge < -0.3 is 10.5 Å². The van der Waals surface area contributed by atoms with Gasteiger partial charge in [-0.15, -0.1) is 0 Å². The van der Waals surface area contributed by atoms with Crippen LogP contribution in [0.25, 0.3) is 0 Å². The first-order valence-corrected chi connectivity index (χ1v) is 12.1. The molecule has 1 aromatic heterocycles. The molecule has 0 spiro atoms. The first kappa shape index (κ1) is 24.3. The van der Waals surface area contributed by atoms with E-state index in [4.69, 9.17) is 10.5 Å². The number of unbranched alkanes of at least 4 members (excludes halogenated alkanes) is 1. The highest BCUT2D eigenvalue weighted by Gasteiger charge is 2.33. The summed E-state index contributed by atoms with van der Waals surface area (Å²) in [6, 6.07) is 15.3. The molecule has 0 radical (unpaired) electrons. The van der Waals surface area contributed by atoms with E-state index < -0.39 is 17.2 Å². The molecule has 0 saturated carbocycles. The van der Waals surface area contributed by atoms with E-state index in [0.717, 1.165) is 36.0 Å². The lowest BCUT2D eigenvalue weighted by Crippen LogP contribution is -2.43. The third kappa shape index (κ3) is 4.87. The number of nitrogens with one attached hydrogen (secondary N) is 1. The van der Waals surface area contributed by atoms with Crippen LogP contribution in [0, 0.1) is 0 Å². The fourth-order valence-electron chi connectivity index (χ4n) is 4.85. The van der Waals surface area contributed by atoms with Crippen molar-refractivity contribution in [3.05, 3.63) is 86.1 Å². The largest absolute Gasteiger partial charge is 0.496 e. The highest BCUT2D eigenvalue weighted by atomic mass is 16.5. The minimum atomic E-state index is -0.674. The highest BCUT2D eigenvalue weighted by molar-refractivity contribution is 6.00. The van der Waals surface area contributed by atoms with Crippen LogP contribution in [0.3, 0.4) is 0 Å². The Labute approximate surface area is 204 Å². The minimum Gasteiger partial charge on any atom is -0.496 e. The summed E-state index contributed by atoms with van der Waals surface area (Å²) >= 11 is 0. The molecule has 1 heterocycles. The van der Waals surface area contributed by atoms with Crippen LogP contribution in [0.4, 0.5) is 11.5 Å². The van der Waals surface area contributed by atoms with Gasteiger partial charge >= 0.3 is 5.69 Å². The second kappa shape index (κ2) is 10.6. The number of hydrogen-bond acceptors (Lipinski definition) is 5. The Morgan fingerprint density at radius 3 is 2.69 bits per heavy atom. The number of para-hydroxylation sites is 1. The molecule has 1 atom stereocenters. The molecule has 2 aromatic carbocycles. The smallest absolute Gasteiger partial charge is 0.330 e. The van der Waals surface area contributed by atoms with Gasteiger partial charge in [-0.3, -0.25) is 24.0 Å². The van der Waals surface area contributed by atoms with Crippen LogP contribution in [-0.2, 0) is 24.3 Å². The van der Waals surface area contributed by atoms with E-state index in [0.29, 0.717) is 25.1 Å². The van der Waals surface area contributed by atoms with Crippen LogP contribution in [-0.4, -0.2) is 22.6 Å². The Balaban J connectivity index is 1.86. The number of hydrogen-bond donors (Lipinski definition) is 2. The van der Waals surface area contributed by atoms with Crippen LogP contribution < -0.4 is 26.6 Å². The van der Waals surface area contributed by atoms with Gasteiger partial charge in [0.2, 0.25) is 5.91 Å². The second-order valence-electron chi connectivity index (χ2n) is 8.88. The van der Waals surface area contributed by atoms with Crippen molar-refractivity contribution in [3.63, 3.8) is 0 Å². The number of H-pyrrole nitrogens is 1. The third-order valence-corrected chi connectivity index (χ3v) is 6.67. The topological polar surface area (TPSA) is 110 Å². The molecule has 1 aliphatic rings. The van der Waals surface area contributed by atoms with E-state index in [2.05, 4.69) is 4.98 Å². The zero-order valence-corrected chi connectivity index (χ0v) is 20.3. The summed E-state index contributed by atoms with van der Waals surface area (Å²) in [5.41, 5.74) is 8.04. The van der Waals surface area contributed by atoms with Crippen molar-refractivity contribution in [2.45, 2.75) is 58.0 Å². The molecule has 3 N–H and O–H groups in total. The number of rotatable bonds is 8. The van der Waals surface area contributed by atoms with E-state index >= 15 is 0 Å². The van der Waals surface area contributed by atoms with E-state index in [1.807, 2.05) is 55.5 Å². The molecule has 0 aliphatic heterocycles. The number of ether oxygens (including phenoxy) is 1. The molecule has 3 aromatic rings. The van der Waals surface area contributed by atoms with Crippen molar-refractivity contribution in [2.75, 3.05) is 17.7 Å². The maximum atomic E-state index is 14.2. The van der Waals surface area contributed by atoms with Crippen molar-refractivity contribution in [3.8, 4) is 5.75 Å². The predicted molar refractivity (Wildman–Crippen MR) is 137 cm³/mol. The highest BCUT2D eigenvalue weighted by Crippen LogP contribution is 2.35. The summed E-state index contributed by atoms with van der Waals surface area (Å²) in [4.78, 5) is 43.6. The van der Waals surface area contributed by atoms with Gasteiger partial charge in [-0.25, -0.2) is 4.79 Å². The SMILES string of the molecule is CCCCn1c(N)c(N(Cc2ccccc2OC)C(=O)C2CCCc3ccccc32)c(=O)[nH]c1=O. The number of carbonyl (C=O) groups is 1. The number of amides is 1. The molecule has 8 heteroatoms. The molecule has 4 rings (SSSR count). The molecule has 1 amide bonds. The van der Waals surface area contributed by atoms with Gasteiger partial charge in [0.15, 0.2) is 5.69 Å². The van der Waals surface area contributed by atoms with Gasteiger partial charge in [-0.05, 0) is 42.9 Å². The zero-order valence-electron chi connectivity index (χ0n) is 20.3.